The SMILES string of the molecule is C=CC[C@]1(CO)CCC(C)=C(C)C1. The van der Waals surface area contributed by atoms with Crippen LogP contribution in [0.5, 0.6) is 0 Å². The summed E-state index contributed by atoms with van der Waals surface area (Å²) in [6, 6.07) is 0. The summed E-state index contributed by atoms with van der Waals surface area (Å²) >= 11 is 0. The van der Waals surface area contributed by atoms with E-state index in [2.05, 4.69) is 20.4 Å². The van der Waals surface area contributed by atoms with E-state index in [1.165, 1.54) is 11.1 Å². The van der Waals surface area contributed by atoms with Crippen molar-refractivity contribution in [1.82, 2.24) is 0 Å². The van der Waals surface area contributed by atoms with Crippen LogP contribution in [0.4, 0.5) is 0 Å². The van der Waals surface area contributed by atoms with Crippen molar-refractivity contribution >= 4 is 0 Å². The first-order chi connectivity index (χ1) is 6.13. The monoisotopic (exact) mass is 180 g/mol. The lowest BCUT2D eigenvalue weighted by molar-refractivity contribution is 0.111. The van der Waals surface area contributed by atoms with Gasteiger partial charge in [0.15, 0.2) is 0 Å². The van der Waals surface area contributed by atoms with Crippen molar-refractivity contribution in [2.24, 2.45) is 5.41 Å². The molecule has 13 heavy (non-hydrogen) atoms. The smallest absolute Gasteiger partial charge is 0.0493 e. The molecule has 0 spiro atoms. The fourth-order valence-electron chi connectivity index (χ4n) is 2.15. The Morgan fingerprint density at radius 3 is 2.62 bits per heavy atom. The van der Waals surface area contributed by atoms with Gasteiger partial charge in [-0.05, 0) is 39.5 Å². The zero-order valence-electron chi connectivity index (χ0n) is 8.77. The van der Waals surface area contributed by atoms with E-state index in [-0.39, 0.29) is 5.41 Å². The van der Waals surface area contributed by atoms with E-state index in [9.17, 15) is 5.11 Å². The predicted molar refractivity (Wildman–Crippen MR) is 56.6 cm³/mol. The van der Waals surface area contributed by atoms with Crippen molar-refractivity contribution < 1.29 is 5.11 Å². The van der Waals surface area contributed by atoms with Gasteiger partial charge < -0.3 is 5.11 Å². The average Bonchev–Trinajstić information content (AvgIpc) is 2.12. The first-order valence-corrected chi connectivity index (χ1v) is 5.00. The third-order valence-corrected chi connectivity index (χ3v) is 3.31. The van der Waals surface area contributed by atoms with Crippen LogP contribution in [0.3, 0.4) is 0 Å². The van der Waals surface area contributed by atoms with E-state index >= 15 is 0 Å². The molecule has 1 rings (SSSR count). The highest BCUT2D eigenvalue weighted by molar-refractivity contribution is 5.17. The van der Waals surface area contributed by atoms with Crippen molar-refractivity contribution in [3.8, 4) is 0 Å². The number of aliphatic hydroxyl groups is 1. The van der Waals surface area contributed by atoms with Crippen molar-refractivity contribution in [2.75, 3.05) is 6.61 Å². The van der Waals surface area contributed by atoms with Gasteiger partial charge in [0, 0.05) is 12.0 Å². The molecular weight excluding hydrogens is 160 g/mol. The van der Waals surface area contributed by atoms with Gasteiger partial charge in [0.05, 0.1) is 0 Å². The average molecular weight is 180 g/mol. The molecule has 0 saturated heterocycles. The van der Waals surface area contributed by atoms with Gasteiger partial charge in [-0.1, -0.05) is 17.2 Å². The summed E-state index contributed by atoms with van der Waals surface area (Å²) < 4.78 is 0. The van der Waals surface area contributed by atoms with Crippen LogP contribution in [0.2, 0.25) is 0 Å². The molecule has 0 bridgehead atoms. The minimum atomic E-state index is 0.103. The molecular formula is C12H20O. The molecule has 1 N–H and O–H groups in total. The molecule has 1 heteroatoms. The Morgan fingerprint density at radius 2 is 2.15 bits per heavy atom. The molecule has 1 nitrogen and oxygen atoms in total. The molecule has 1 atom stereocenters. The third kappa shape index (κ3) is 2.22. The molecule has 1 aliphatic carbocycles. The predicted octanol–water partition coefficient (Wildman–Crippen LogP) is 3.06. The molecule has 0 unspecified atom stereocenters. The Labute approximate surface area is 81.2 Å². The molecule has 0 aromatic rings. The second kappa shape index (κ2) is 4.10. The third-order valence-electron chi connectivity index (χ3n) is 3.31. The van der Waals surface area contributed by atoms with Gasteiger partial charge in [-0.15, -0.1) is 6.58 Å². The van der Waals surface area contributed by atoms with E-state index in [1.807, 2.05) is 6.08 Å². The fraction of sp³-hybridized carbons (Fsp3) is 0.667. The first kappa shape index (κ1) is 10.5. The second-order valence-corrected chi connectivity index (χ2v) is 4.39. The van der Waals surface area contributed by atoms with Crippen molar-refractivity contribution in [3.05, 3.63) is 23.8 Å². The Kier molecular flexibility index (Phi) is 3.32. The van der Waals surface area contributed by atoms with E-state index in [0.29, 0.717) is 6.61 Å². The van der Waals surface area contributed by atoms with E-state index in [0.717, 1.165) is 25.7 Å². The number of rotatable bonds is 3. The van der Waals surface area contributed by atoms with E-state index in [4.69, 9.17) is 0 Å². The van der Waals surface area contributed by atoms with Crippen LogP contribution in [0.25, 0.3) is 0 Å². The normalized spacial score (nSPS) is 29.2. The van der Waals surface area contributed by atoms with Crippen LogP contribution in [0.15, 0.2) is 23.8 Å². The van der Waals surface area contributed by atoms with E-state index < -0.39 is 0 Å². The largest absolute Gasteiger partial charge is 0.396 e. The number of aliphatic hydroxyl groups excluding tert-OH is 1. The van der Waals surface area contributed by atoms with Crippen molar-refractivity contribution in [2.45, 2.75) is 39.5 Å². The molecule has 0 saturated carbocycles. The summed E-state index contributed by atoms with van der Waals surface area (Å²) in [5, 5.41) is 9.41. The van der Waals surface area contributed by atoms with Crippen LogP contribution in [0, 0.1) is 5.41 Å². The number of hydrogen-bond donors (Lipinski definition) is 1. The molecule has 0 amide bonds. The quantitative estimate of drug-likeness (QED) is 0.662. The van der Waals surface area contributed by atoms with Gasteiger partial charge in [-0.25, -0.2) is 0 Å². The topological polar surface area (TPSA) is 20.2 Å². The van der Waals surface area contributed by atoms with Crippen LogP contribution in [0.1, 0.15) is 39.5 Å². The molecule has 0 radical (unpaired) electrons. The summed E-state index contributed by atoms with van der Waals surface area (Å²) in [6.07, 6.45) is 6.17. The summed E-state index contributed by atoms with van der Waals surface area (Å²) in [5.74, 6) is 0. The maximum absolute atomic E-state index is 9.41. The standard InChI is InChI=1S/C12H20O/c1-4-6-12(9-13)7-5-10(2)11(3)8-12/h4,13H,1,5-9H2,2-3H3/t12-/m0/s1. The van der Waals surface area contributed by atoms with Gasteiger partial charge in [0.2, 0.25) is 0 Å². The Balaban J connectivity index is 2.77. The van der Waals surface area contributed by atoms with Gasteiger partial charge in [0.25, 0.3) is 0 Å². The lowest BCUT2D eigenvalue weighted by atomic mass is 9.70. The highest BCUT2D eigenvalue weighted by Crippen LogP contribution is 2.41. The van der Waals surface area contributed by atoms with Crippen molar-refractivity contribution in [3.63, 3.8) is 0 Å². The van der Waals surface area contributed by atoms with Gasteiger partial charge in [-0.3, -0.25) is 0 Å². The Hall–Kier alpha value is -0.560. The summed E-state index contributed by atoms with van der Waals surface area (Å²) in [5.41, 5.74) is 3.07. The van der Waals surface area contributed by atoms with Crippen LogP contribution in [-0.4, -0.2) is 11.7 Å². The highest BCUT2D eigenvalue weighted by atomic mass is 16.3. The van der Waals surface area contributed by atoms with Crippen LogP contribution < -0.4 is 0 Å². The fourth-order valence-corrected chi connectivity index (χ4v) is 2.15. The molecule has 0 aliphatic heterocycles. The van der Waals surface area contributed by atoms with Gasteiger partial charge in [-0.2, -0.15) is 0 Å². The second-order valence-electron chi connectivity index (χ2n) is 4.39. The zero-order valence-corrected chi connectivity index (χ0v) is 8.77. The maximum atomic E-state index is 9.41. The Bertz CT molecular complexity index is 227. The molecule has 0 fully saturated rings. The number of hydrogen-bond acceptors (Lipinski definition) is 1. The summed E-state index contributed by atoms with van der Waals surface area (Å²) in [4.78, 5) is 0. The van der Waals surface area contributed by atoms with E-state index in [1.54, 1.807) is 0 Å². The number of allylic oxidation sites excluding steroid dienone is 3. The lowest BCUT2D eigenvalue weighted by Crippen LogP contribution is -2.28. The zero-order chi connectivity index (χ0) is 9.90. The maximum Gasteiger partial charge on any atom is 0.0493 e. The van der Waals surface area contributed by atoms with Crippen LogP contribution in [-0.2, 0) is 0 Å². The minimum Gasteiger partial charge on any atom is -0.396 e. The minimum absolute atomic E-state index is 0.103. The van der Waals surface area contributed by atoms with Gasteiger partial charge >= 0.3 is 0 Å². The Morgan fingerprint density at radius 1 is 1.46 bits per heavy atom. The highest BCUT2D eigenvalue weighted by Gasteiger charge is 2.31. The van der Waals surface area contributed by atoms with Crippen LogP contribution >= 0.6 is 0 Å². The van der Waals surface area contributed by atoms with Gasteiger partial charge in [0.1, 0.15) is 0 Å². The molecule has 74 valence electrons. The molecule has 0 aromatic carbocycles. The molecule has 0 heterocycles. The molecule has 1 aliphatic rings. The first-order valence-electron chi connectivity index (χ1n) is 5.00. The lowest BCUT2D eigenvalue weighted by Gasteiger charge is -2.36. The molecule has 0 aromatic heterocycles. The summed E-state index contributed by atoms with van der Waals surface area (Å²) in [6.45, 7) is 8.44. The summed E-state index contributed by atoms with van der Waals surface area (Å²) in [7, 11) is 0. The van der Waals surface area contributed by atoms with Crippen molar-refractivity contribution in [1.29, 1.82) is 0 Å².